The maximum atomic E-state index is 12.6. The van der Waals surface area contributed by atoms with E-state index >= 15 is 0 Å². The monoisotopic (exact) mass is 352 g/mol. The molecule has 0 saturated carbocycles. The molecule has 0 aliphatic rings. The van der Waals surface area contributed by atoms with E-state index in [1.807, 2.05) is 43.7 Å². The summed E-state index contributed by atoms with van der Waals surface area (Å²) in [6.45, 7) is 2.34. The van der Waals surface area contributed by atoms with Gasteiger partial charge in [-0.3, -0.25) is 9.48 Å². The molecule has 7 nitrogen and oxygen atoms in total. The SMILES string of the molecule is Cc1nn(C)cc1CNC(=O)c1cnn2c(-c3cccs3)ccnc12. The number of amides is 1. The van der Waals surface area contributed by atoms with Crippen molar-refractivity contribution in [3.8, 4) is 10.6 Å². The van der Waals surface area contributed by atoms with Gasteiger partial charge in [0.05, 0.1) is 22.5 Å². The molecule has 4 rings (SSSR count). The quantitative estimate of drug-likeness (QED) is 0.612. The summed E-state index contributed by atoms with van der Waals surface area (Å²) in [6, 6.07) is 5.90. The minimum absolute atomic E-state index is 0.200. The van der Waals surface area contributed by atoms with E-state index in [0.717, 1.165) is 21.8 Å². The van der Waals surface area contributed by atoms with Crippen molar-refractivity contribution in [2.75, 3.05) is 0 Å². The molecular formula is C17H16N6OS. The van der Waals surface area contributed by atoms with Crippen LogP contribution in [0, 0.1) is 6.92 Å². The number of rotatable bonds is 4. The Balaban J connectivity index is 1.62. The molecule has 0 saturated heterocycles. The topological polar surface area (TPSA) is 77.1 Å². The lowest BCUT2D eigenvalue weighted by Gasteiger charge is -2.04. The van der Waals surface area contributed by atoms with Crippen LogP contribution < -0.4 is 5.32 Å². The lowest BCUT2D eigenvalue weighted by Crippen LogP contribution is -2.23. The van der Waals surface area contributed by atoms with Crippen LogP contribution in [0.1, 0.15) is 21.6 Å². The van der Waals surface area contributed by atoms with Crippen molar-refractivity contribution in [1.82, 2.24) is 29.7 Å². The fraction of sp³-hybridized carbons (Fsp3) is 0.176. The molecule has 4 aromatic heterocycles. The highest BCUT2D eigenvalue weighted by Gasteiger charge is 2.16. The molecule has 0 aliphatic carbocycles. The fourth-order valence-electron chi connectivity index (χ4n) is 2.76. The Morgan fingerprint density at radius 2 is 2.24 bits per heavy atom. The zero-order chi connectivity index (χ0) is 17.4. The van der Waals surface area contributed by atoms with Crippen molar-refractivity contribution in [1.29, 1.82) is 0 Å². The molecule has 25 heavy (non-hydrogen) atoms. The van der Waals surface area contributed by atoms with Gasteiger partial charge in [0.15, 0.2) is 5.65 Å². The molecule has 0 aliphatic heterocycles. The number of nitrogens with one attached hydrogen (secondary N) is 1. The summed E-state index contributed by atoms with van der Waals surface area (Å²) in [5, 5.41) is 13.6. The van der Waals surface area contributed by atoms with Crippen LogP contribution in [0.2, 0.25) is 0 Å². The van der Waals surface area contributed by atoms with Gasteiger partial charge >= 0.3 is 0 Å². The first-order chi connectivity index (χ1) is 12.1. The second-order valence-corrected chi connectivity index (χ2v) is 6.64. The van der Waals surface area contributed by atoms with Crippen LogP contribution >= 0.6 is 11.3 Å². The Hall–Kier alpha value is -3.00. The lowest BCUT2D eigenvalue weighted by molar-refractivity contribution is 0.0952. The van der Waals surface area contributed by atoms with Gasteiger partial charge in [0, 0.05) is 31.5 Å². The standard InChI is InChI=1S/C17H16N6OS/c1-11-12(10-22(2)21-11)8-19-17(24)13-9-20-23-14(5-6-18-16(13)23)15-4-3-7-25-15/h3-7,9-10H,8H2,1-2H3,(H,19,24). The molecule has 0 fully saturated rings. The van der Waals surface area contributed by atoms with Gasteiger partial charge in [-0.05, 0) is 24.4 Å². The molecule has 0 radical (unpaired) electrons. The molecule has 0 aromatic carbocycles. The number of hydrogen-bond donors (Lipinski definition) is 1. The van der Waals surface area contributed by atoms with E-state index in [2.05, 4.69) is 20.5 Å². The molecule has 1 amide bonds. The van der Waals surface area contributed by atoms with E-state index < -0.39 is 0 Å². The van der Waals surface area contributed by atoms with Gasteiger partial charge < -0.3 is 5.32 Å². The predicted octanol–water partition coefficient (Wildman–Crippen LogP) is 2.43. The Kier molecular flexibility index (Phi) is 3.81. The first kappa shape index (κ1) is 15.5. The van der Waals surface area contributed by atoms with Gasteiger partial charge in [-0.15, -0.1) is 11.3 Å². The summed E-state index contributed by atoms with van der Waals surface area (Å²) in [5.41, 5.74) is 3.81. The maximum absolute atomic E-state index is 12.6. The van der Waals surface area contributed by atoms with E-state index in [4.69, 9.17) is 0 Å². The third-order valence-electron chi connectivity index (χ3n) is 3.97. The largest absolute Gasteiger partial charge is 0.348 e. The third kappa shape index (κ3) is 2.80. The van der Waals surface area contributed by atoms with Crippen molar-refractivity contribution in [2.24, 2.45) is 7.05 Å². The van der Waals surface area contributed by atoms with Crippen LogP contribution in [0.15, 0.2) is 42.2 Å². The number of aryl methyl sites for hydroxylation is 2. The molecule has 0 spiro atoms. The summed E-state index contributed by atoms with van der Waals surface area (Å²) in [5.74, 6) is -0.200. The zero-order valence-electron chi connectivity index (χ0n) is 13.8. The first-order valence-electron chi connectivity index (χ1n) is 7.77. The molecule has 0 unspecified atom stereocenters. The highest BCUT2D eigenvalue weighted by Crippen LogP contribution is 2.25. The molecule has 4 heterocycles. The number of aromatic nitrogens is 5. The minimum Gasteiger partial charge on any atom is -0.348 e. The number of nitrogens with zero attached hydrogens (tertiary/aromatic N) is 5. The number of thiophene rings is 1. The van der Waals surface area contributed by atoms with Crippen molar-refractivity contribution in [2.45, 2.75) is 13.5 Å². The smallest absolute Gasteiger partial charge is 0.257 e. The van der Waals surface area contributed by atoms with Crippen molar-refractivity contribution < 1.29 is 4.79 Å². The predicted molar refractivity (Wildman–Crippen MR) is 95.4 cm³/mol. The normalized spacial score (nSPS) is 11.1. The molecule has 126 valence electrons. The highest BCUT2D eigenvalue weighted by atomic mass is 32.1. The van der Waals surface area contributed by atoms with Crippen LogP contribution in [0.3, 0.4) is 0 Å². The summed E-state index contributed by atoms with van der Waals surface area (Å²) >= 11 is 1.62. The van der Waals surface area contributed by atoms with Gasteiger partial charge in [0.1, 0.15) is 5.56 Å². The van der Waals surface area contributed by atoms with E-state index in [-0.39, 0.29) is 5.91 Å². The summed E-state index contributed by atoms with van der Waals surface area (Å²) in [7, 11) is 1.86. The third-order valence-corrected chi connectivity index (χ3v) is 4.87. The van der Waals surface area contributed by atoms with Crippen molar-refractivity contribution in [3.63, 3.8) is 0 Å². The van der Waals surface area contributed by atoms with E-state index in [0.29, 0.717) is 17.8 Å². The second kappa shape index (κ2) is 6.14. The van der Waals surface area contributed by atoms with E-state index in [9.17, 15) is 4.79 Å². The Morgan fingerprint density at radius 3 is 2.96 bits per heavy atom. The Morgan fingerprint density at radius 1 is 1.36 bits per heavy atom. The zero-order valence-corrected chi connectivity index (χ0v) is 14.6. The summed E-state index contributed by atoms with van der Waals surface area (Å²) in [6.07, 6.45) is 5.16. The fourth-order valence-corrected chi connectivity index (χ4v) is 3.49. The molecule has 4 aromatic rings. The van der Waals surface area contributed by atoms with Gasteiger partial charge in [0.25, 0.3) is 5.91 Å². The van der Waals surface area contributed by atoms with Gasteiger partial charge in [0.2, 0.25) is 0 Å². The summed E-state index contributed by atoms with van der Waals surface area (Å²) < 4.78 is 3.44. The maximum Gasteiger partial charge on any atom is 0.257 e. The average Bonchev–Trinajstić information content (AvgIpc) is 3.32. The average molecular weight is 352 g/mol. The van der Waals surface area contributed by atoms with Crippen LogP contribution in [0.5, 0.6) is 0 Å². The van der Waals surface area contributed by atoms with Crippen LogP contribution in [0.4, 0.5) is 0 Å². The number of carbonyl (C=O) groups excluding carboxylic acids is 1. The van der Waals surface area contributed by atoms with Crippen molar-refractivity contribution >= 4 is 22.9 Å². The van der Waals surface area contributed by atoms with Gasteiger partial charge in [-0.2, -0.15) is 10.2 Å². The number of carbonyl (C=O) groups is 1. The molecule has 8 heteroatoms. The minimum atomic E-state index is -0.200. The van der Waals surface area contributed by atoms with Crippen LogP contribution in [-0.4, -0.2) is 30.3 Å². The molecule has 1 N–H and O–H groups in total. The number of hydrogen-bond acceptors (Lipinski definition) is 5. The van der Waals surface area contributed by atoms with Crippen molar-refractivity contribution in [3.05, 3.63) is 59.0 Å². The van der Waals surface area contributed by atoms with E-state index in [1.165, 1.54) is 0 Å². The first-order valence-corrected chi connectivity index (χ1v) is 8.65. The van der Waals surface area contributed by atoms with Crippen LogP contribution in [-0.2, 0) is 13.6 Å². The molecule has 0 bridgehead atoms. The molecule has 0 atom stereocenters. The lowest BCUT2D eigenvalue weighted by atomic mass is 10.2. The number of fused-ring (bicyclic) bond motifs is 1. The second-order valence-electron chi connectivity index (χ2n) is 5.70. The van der Waals surface area contributed by atoms with Crippen LogP contribution in [0.25, 0.3) is 16.2 Å². The Bertz CT molecular complexity index is 1050. The summed E-state index contributed by atoms with van der Waals surface area (Å²) in [4.78, 5) is 18.0. The highest BCUT2D eigenvalue weighted by molar-refractivity contribution is 7.13. The van der Waals surface area contributed by atoms with Gasteiger partial charge in [-0.25, -0.2) is 9.50 Å². The molecular weight excluding hydrogens is 336 g/mol. The van der Waals surface area contributed by atoms with Gasteiger partial charge in [-0.1, -0.05) is 6.07 Å². The van der Waals surface area contributed by atoms with E-state index in [1.54, 1.807) is 32.9 Å². The Labute approximate surface area is 147 Å².